The van der Waals surface area contributed by atoms with Crippen LogP contribution in [0.2, 0.25) is 0 Å². The van der Waals surface area contributed by atoms with Gasteiger partial charge in [-0.15, -0.1) is 0 Å². The highest BCUT2D eigenvalue weighted by Gasteiger charge is 2.24. The van der Waals surface area contributed by atoms with Crippen LogP contribution in [-0.4, -0.2) is 41.1 Å². The van der Waals surface area contributed by atoms with E-state index in [0.717, 1.165) is 11.5 Å². The van der Waals surface area contributed by atoms with Crippen LogP contribution in [0.25, 0.3) is 0 Å². The highest BCUT2D eigenvalue weighted by molar-refractivity contribution is 7.11. The van der Waals surface area contributed by atoms with Crippen molar-refractivity contribution in [2.45, 2.75) is 32.9 Å². The van der Waals surface area contributed by atoms with Crippen molar-refractivity contribution in [1.29, 1.82) is 0 Å². The second kappa shape index (κ2) is 6.01. The summed E-state index contributed by atoms with van der Waals surface area (Å²) in [5.74, 6) is -0.00613. The number of anilines is 2. The van der Waals surface area contributed by atoms with Crippen LogP contribution >= 0.6 is 11.5 Å². The molecule has 4 N–H and O–H groups in total. The van der Waals surface area contributed by atoms with Crippen LogP contribution < -0.4 is 16.0 Å². The van der Waals surface area contributed by atoms with Crippen LogP contribution in [0.3, 0.4) is 0 Å². The molecule has 0 bridgehead atoms. The van der Waals surface area contributed by atoms with Gasteiger partial charge >= 0.3 is 0 Å². The Labute approximate surface area is 111 Å². The molecule has 0 fully saturated rings. The molecule has 1 aromatic heterocycles. The molecular weight excluding hydrogens is 252 g/mol. The third-order valence-corrected chi connectivity index (χ3v) is 3.55. The lowest BCUT2D eigenvalue weighted by atomic mass is 10.2. The predicted octanol–water partition coefficient (Wildman–Crippen LogP) is 0.681. The highest BCUT2D eigenvalue weighted by Crippen LogP contribution is 2.30. The first-order valence-electron chi connectivity index (χ1n) is 5.78. The van der Waals surface area contributed by atoms with Gasteiger partial charge in [0.2, 0.25) is 0 Å². The van der Waals surface area contributed by atoms with E-state index in [1.54, 1.807) is 7.05 Å². The maximum absolute atomic E-state index is 12.1. The zero-order valence-electron chi connectivity index (χ0n) is 11.1. The normalized spacial score (nSPS) is 12.6. The number of aromatic nitrogens is 1. The molecule has 0 aliphatic carbocycles. The Morgan fingerprint density at radius 3 is 2.67 bits per heavy atom. The Morgan fingerprint density at radius 1 is 1.56 bits per heavy atom. The molecule has 0 radical (unpaired) electrons. The molecule has 6 nitrogen and oxygen atoms in total. The number of nitrogens with one attached hydrogen (secondary N) is 1. The maximum atomic E-state index is 12.1. The zero-order chi connectivity index (χ0) is 13.9. The van der Waals surface area contributed by atoms with Crippen molar-refractivity contribution in [1.82, 2.24) is 9.69 Å². The number of amides is 1. The quantitative estimate of drug-likeness (QED) is 0.733. The van der Waals surface area contributed by atoms with Crippen LogP contribution in [0.4, 0.5) is 10.8 Å². The standard InChI is InChI=1S/C11H20N4O2S/c1-6(2)13-10(17)8-9(12)14-18-11(8)15(4)7(3)5-16/h6-7,16H,5H2,1-4H3,(H2,12,14)(H,13,17). The van der Waals surface area contributed by atoms with Crippen LogP contribution in [-0.2, 0) is 0 Å². The van der Waals surface area contributed by atoms with Crippen molar-refractivity contribution < 1.29 is 9.90 Å². The van der Waals surface area contributed by atoms with Gasteiger partial charge in [0.25, 0.3) is 5.91 Å². The SMILES string of the molecule is CC(C)NC(=O)c1c(N)nsc1N(C)C(C)CO. The van der Waals surface area contributed by atoms with E-state index >= 15 is 0 Å². The molecular formula is C11H20N4O2S. The number of aliphatic hydroxyl groups is 1. The first-order valence-corrected chi connectivity index (χ1v) is 6.55. The molecule has 0 aromatic carbocycles. The minimum Gasteiger partial charge on any atom is -0.394 e. The van der Waals surface area contributed by atoms with Gasteiger partial charge in [-0.2, -0.15) is 4.37 Å². The van der Waals surface area contributed by atoms with E-state index in [0.29, 0.717) is 10.6 Å². The lowest BCUT2D eigenvalue weighted by Gasteiger charge is -2.24. The van der Waals surface area contributed by atoms with Crippen molar-refractivity contribution in [3.8, 4) is 0 Å². The number of hydrogen-bond acceptors (Lipinski definition) is 6. The van der Waals surface area contributed by atoms with E-state index in [-0.39, 0.29) is 30.4 Å². The Balaban J connectivity index is 3.04. The van der Waals surface area contributed by atoms with Crippen LogP contribution in [0, 0.1) is 0 Å². The van der Waals surface area contributed by atoms with Crippen LogP contribution in [0.5, 0.6) is 0 Å². The van der Waals surface area contributed by atoms with E-state index in [2.05, 4.69) is 9.69 Å². The summed E-state index contributed by atoms with van der Waals surface area (Å²) in [7, 11) is 1.81. The molecule has 102 valence electrons. The summed E-state index contributed by atoms with van der Waals surface area (Å²) in [6.07, 6.45) is 0. The number of nitrogens with two attached hydrogens (primary N) is 1. The molecule has 0 spiro atoms. The highest BCUT2D eigenvalue weighted by atomic mass is 32.1. The van der Waals surface area contributed by atoms with E-state index in [1.165, 1.54) is 0 Å². The summed E-state index contributed by atoms with van der Waals surface area (Å²) in [6, 6.07) is -0.0688. The van der Waals surface area contributed by atoms with Gasteiger partial charge < -0.3 is 21.1 Å². The number of likely N-dealkylation sites (N-methyl/N-ethyl adjacent to an activating group) is 1. The lowest BCUT2D eigenvalue weighted by molar-refractivity contribution is 0.0944. The molecule has 0 saturated carbocycles. The van der Waals surface area contributed by atoms with Crippen molar-refractivity contribution in [2.24, 2.45) is 0 Å². The Bertz CT molecular complexity index is 419. The number of aliphatic hydroxyl groups excluding tert-OH is 1. The second-order valence-corrected chi connectivity index (χ2v) is 5.27. The molecule has 1 rings (SSSR count). The third kappa shape index (κ3) is 3.11. The fourth-order valence-electron chi connectivity index (χ4n) is 1.40. The van der Waals surface area contributed by atoms with Crippen molar-refractivity contribution in [2.75, 3.05) is 24.3 Å². The first kappa shape index (κ1) is 14.7. The van der Waals surface area contributed by atoms with Gasteiger partial charge in [-0.05, 0) is 32.3 Å². The van der Waals surface area contributed by atoms with Gasteiger partial charge in [0.05, 0.1) is 6.61 Å². The largest absolute Gasteiger partial charge is 0.394 e. The summed E-state index contributed by atoms with van der Waals surface area (Å²) >= 11 is 1.16. The summed E-state index contributed by atoms with van der Waals surface area (Å²) in [6.45, 7) is 5.63. The molecule has 1 heterocycles. The fourth-order valence-corrected chi connectivity index (χ4v) is 2.28. The number of nitrogens with zero attached hydrogens (tertiary/aromatic N) is 2. The zero-order valence-corrected chi connectivity index (χ0v) is 11.9. The number of carbonyl (C=O) groups excluding carboxylic acids is 1. The van der Waals surface area contributed by atoms with Crippen molar-refractivity contribution in [3.63, 3.8) is 0 Å². The predicted molar refractivity (Wildman–Crippen MR) is 74.1 cm³/mol. The number of carbonyl (C=O) groups is 1. The van der Waals surface area contributed by atoms with Gasteiger partial charge in [-0.1, -0.05) is 0 Å². The summed E-state index contributed by atoms with van der Waals surface area (Å²) in [4.78, 5) is 13.9. The van der Waals surface area contributed by atoms with Crippen molar-refractivity contribution in [3.05, 3.63) is 5.56 Å². The molecule has 18 heavy (non-hydrogen) atoms. The number of nitrogen functional groups attached to an aromatic ring is 1. The Kier molecular flexibility index (Phi) is 4.92. The average Bonchev–Trinajstić information content (AvgIpc) is 2.68. The summed E-state index contributed by atoms with van der Waals surface area (Å²) < 4.78 is 4.02. The minimum absolute atomic E-state index is 0.000452. The Morgan fingerprint density at radius 2 is 2.17 bits per heavy atom. The van der Waals surface area contributed by atoms with Gasteiger partial charge in [0.15, 0.2) is 5.82 Å². The van der Waals surface area contributed by atoms with Crippen LogP contribution in [0.15, 0.2) is 0 Å². The summed E-state index contributed by atoms with van der Waals surface area (Å²) in [5, 5.41) is 12.6. The van der Waals surface area contributed by atoms with Gasteiger partial charge in [-0.25, -0.2) is 0 Å². The van der Waals surface area contributed by atoms with Crippen LogP contribution in [0.1, 0.15) is 31.1 Å². The van der Waals surface area contributed by atoms with Gasteiger partial charge in [-0.3, -0.25) is 4.79 Å². The molecule has 1 atom stereocenters. The maximum Gasteiger partial charge on any atom is 0.258 e. The average molecular weight is 272 g/mol. The van der Waals surface area contributed by atoms with E-state index < -0.39 is 0 Å². The first-order chi connectivity index (χ1) is 8.38. The van der Waals surface area contributed by atoms with E-state index in [1.807, 2.05) is 25.7 Å². The lowest BCUT2D eigenvalue weighted by Crippen LogP contribution is -2.35. The second-order valence-electron chi connectivity index (χ2n) is 4.52. The van der Waals surface area contributed by atoms with E-state index in [4.69, 9.17) is 10.8 Å². The fraction of sp³-hybridized carbons (Fsp3) is 0.636. The van der Waals surface area contributed by atoms with Crippen molar-refractivity contribution >= 4 is 28.3 Å². The minimum atomic E-state index is -0.233. The Hall–Kier alpha value is -1.34. The van der Waals surface area contributed by atoms with Gasteiger partial charge in [0.1, 0.15) is 10.6 Å². The monoisotopic (exact) mass is 272 g/mol. The third-order valence-electron chi connectivity index (χ3n) is 2.59. The number of hydrogen-bond donors (Lipinski definition) is 3. The topological polar surface area (TPSA) is 91.5 Å². The molecule has 0 aliphatic rings. The smallest absolute Gasteiger partial charge is 0.258 e. The molecule has 0 aliphatic heterocycles. The molecule has 1 aromatic rings. The molecule has 1 unspecified atom stereocenters. The number of rotatable bonds is 5. The molecule has 0 saturated heterocycles. The summed E-state index contributed by atoms with van der Waals surface area (Å²) in [5.41, 5.74) is 6.13. The molecule has 7 heteroatoms. The molecule has 1 amide bonds. The van der Waals surface area contributed by atoms with Gasteiger partial charge in [0, 0.05) is 19.1 Å². The van der Waals surface area contributed by atoms with E-state index in [9.17, 15) is 4.79 Å².